The number of piperazine rings is 1. The van der Waals surface area contributed by atoms with Gasteiger partial charge in [-0.3, -0.25) is 15.2 Å². The van der Waals surface area contributed by atoms with Crippen LogP contribution < -0.4 is 19.7 Å². The SMILES string of the molecule is COc1cc2nc(NC(=O)c3cc(N4CCN(C)CC4)ccc3-c3c[nH]nc3Cl)[nH]c2cc1OC. The van der Waals surface area contributed by atoms with E-state index in [1.165, 1.54) is 0 Å². The minimum absolute atomic E-state index is 0.300. The average molecular weight is 496 g/mol. The van der Waals surface area contributed by atoms with Crippen molar-refractivity contribution in [3.63, 3.8) is 0 Å². The summed E-state index contributed by atoms with van der Waals surface area (Å²) in [6.07, 6.45) is 1.68. The van der Waals surface area contributed by atoms with Crippen LogP contribution in [0.15, 0.2) is 36.5 Å². The molecule has 4 aromatic rings. The van der Waals surface area contributed by atoms with Gasteiger partial charge in [0.05, 0.1) is 25.3 Å². The molecule has 1 aliphatic heterocycles. The topological polar surface area (TPSA) is 111 Å². The van der Waals surface area contributed by atoms with Crippen molar-refractivity contribution >= 4 is 40.2 Å². The van der Waals surface area contributed by atoms with Gasteiger partial charge in [0.15, 0.2) is 16.7 Å². The number of fused-ring (bicyclic) bond motifs is 1. The Bertz CT molecular complexity index is 1330. The first kappa shape index (κ1) is 23.0. The molecule has 0 aliphatic carbocycles. The highest BCUT2D eigenvalue weighted by Gasteiger charge is 2.22. The number of halogens is 1. The molecule has 5 rings (SSSR count). The molecular formula is C24H26ClN7O3. The second-order valence-electron chi connectivity index (χ2n) is 8.37. The number of methoxy groups -OCH3 is 2. The molecule has 1 saturated heterocycles. The number of carbonyl (C=O) groups excluding carboxylic acids is 1. The summed E-state index contributed by atoms with van der Waals surface area (Å²) in [4.78, 5) is 25.7. The Balaban J connectivity index is 1.50. The number of H-pyrrole nitrogens is 2. The molecule has 3 N–H and O–H groups in total. The molecule has 0 bridgehead atoms. The summed E-state index contributed by atoms with van der Waals surface area (Å²) in [5.74, 6) is 1.13. The van der Waals surface area contributed by atoms with E-state index in [9.17, 15) is 4.79 Å². The summed E-state index contributed by atoms with van der Waals surface area (Å²) < 4.78 is 10.7. The van der Waals surface area contributed by atoms with E-state index in [4.69, 9.17) is 21.1 Å². The maximum Gasteiger partial charge on any atom is 0.258 e. The number of hydrogen-bond acceptors (Lipinski definition) is 7. The first-order chi connectivity index (χ1) is 17.0. The minimum atomic E-state index is -0.314. The molecule has 35 heavy (non-hydrogen) atoms. The van der Waals surface area contributed by atoms with E-state index in [1.54, 1.807) is 32.5 Å². The zero-order chi connectivity index (χ0) is 24.5. The van der Waals surface area contributed by atoms with E-state index in [2.05, 4.69) is 42.3 Å². The zero-order valence-electron chi connectivity index (χ0n) is 19.7. The fourth-order valence-electron chi connectivity index (χ4n) is 4.25. The van der Waals surface area contributed by atoms with E-state index in [-0.39, 0.29) is 5.91 Å². The van der Waals surface area contributed by atoms with Gasteiger partial charge in [0.1, 0.15) is 0 Å². The molecule has 0 saturated carbocycles. The molecule has 1 fully saturated rings. The summed E-state index contributed by atoms with van der Waals surface area (Å²) in [6.45, 7) is 3.69. The summed E-state index contributed by atoms with van der Waals surface area (Å²) >= 11 is 6.29. The van der Waals surface area contributed by atoms with Crippen molar-refractivity contribution in [2.24, 2.45) is 0 Å². The molecule has 2 aromatic heterocycles. The number of imidazole rings is 1. The molecule has 10 nitrogen and oxygen atoms in total. The first-order valence-electron chi connectivity index (χ1n) is 11.2. The Morgan fingerprint density at radius 2 is 1.80 bits per heavy atom. The summed E-state index contributed by atoms with van der Waals surface area (Å²) in [5, 5.41) is 9.97. The number of carbonyl (C=O) groups is 1. The van der Waals surface area contributed by atoms with Crippen LogP contribution in [0.2, 0.25) is 5.15 Å². The highest BCUT2D eigenvalue weighted by atomic mass is 35.5. The van der Waals surface area contributed by atoms with Gasteiger partial charge in [0.25, 0.3) is 5.91 Å². The maximum atomic E-state index is 13.5. The number of benzene rings is 2. The van der Waals surface area contributed by atoms with Gasteiger partial charge in [-0.25, -0.2) is 4.98 Å². The Morgan fingerprint density at radius 1 is 1.06 bits per heavy atom. The molecule has 11 heteroatoms. The van der Waals surface area contributed by atoms with Crippen LogP contribution in [-0.4, -0.2) is 78.4 Å². The molecule has 0 unspecified atom stereocenters. The average Bonchev–Trinajstić information content (AvgIpc) is 3.47. The van der Waals surface area contributed by atoms with Crippen LogP contribution in [0.5, 0.6) is 11.5 Å². The third kappa shape index (κ3) is 4.50. The van der Waals surface area contributed by atoms with Gasteiger partial charge < -0.3 is 24.3 Å². The van der Waals surface area contributed by atoms with Gasteiger partial charge in [0, 0.05) is 61.3 Å². The molecular weight excluding hydrogens is 470 g/mol. The normalized spacial score (nSPS) is 14.3. The molecule has 182 valence electrons. The summed E-state index contributed by atoms with van der Waals surface area (Å²) in [5.41, 5.74) is 4.13. The van der Waals surface area contributed by atoms with Gasteiger partial charge >= 0.3 is 0 Å². The molecule has 0 radical (unpaired) electrons. The van der Waals surface area contributed by atoms with E-state index < -0.39 is 0 Å². The van der Waals surface area contributed by atoms with Crippen molar-refractivity contribution < 1.29 is 14.3 Å². The smallest absolute Gasteiger partial charge is 0.258 e. The lowest BCUT2D eigenvalue weighted by Gasteiger charge is -2.34. The molecule has 2 aromatic carbocycles. The van der Waals surface area contributed by atoms with E-state index in [0.717, 1.165) is 31.9 Å². The Hall–Kier alpha value is -3.76. The predicted molar refractivity (Wildman–Crippen MR) is 136 cm³/mol. The first-order valence-corrected chi connectivity index (χ1v) is 11.5. The standard InChI is InChI=1S/C24H26ClN7O3/c1-31-6-8-32(9-7-31)14-4-5-15(17-13-26-30-22(17)25)16(10-14)23(33)29-24-27-18-11-20(34-2)21(35-3)12-19(18)28-24/h4-5,10-13H,6-9H2,1-3H3,(H,26,30)(H2,27,28,29,33). The van der Waals surface area contributed by atoms with Crippen LogP contribution in [0.1, 0.15) is 10.4 Å². The summed E-state index contributed by atoms with van der Waals surface area (Å²) in [6, 6.07) is 9.36. The monoisotopic (exact) mass is 495 g/mol. The number of nitrogens with zero attached hydrogens (tertiary/aromatic N) is 4. The zero-order valence-corrected chi connectivity index (χ0v) is 20.4. The number of aromatic amines is 2. The van der Waals surface area contributed by atoms with Crippen molar-refractivity contribution in [3.8, 4) is 22.6 Å². The lowest BCUT2D eigenvalue weighted by atomic mass is 10.00. The fraction of sp³-hybridized carbons (Fsp3) is 0.292. The van der Waals surface area contributed by atoms with Gasteiger partial charge in [0.2, 0.25) is 5.95 Å². The lowest BCUT2D eigenvalue weighted by Crippen LogP contribution is -2.44. The minimum Gasteiger partial charge on any atom is -0.493 e. The van der Waals surface area contributed by atoms with Crippen LogP contribution in [0.4, 0.5) is 11.6 Å². The Labute approximate surface area is 207 Å². The van der Waals surface area contributed by atoms with Crippen LogP contribution in [0.3, 0.4) is 0 Å². The maximum absolute atomic E-state index is 13.5. The second kappa shape index (κ2) is 9.47. The predicted octanol–water partition coefficient (Wildman–Crippen LogP) is 3.63. The van der Waals surface area contributed by atoms with Crippen LogP contribution in [-0.2, 0) is 0 Å². The highest BCUT2D eigenvalue weighted by molar-refractivity contribution is 6.32. The second-order valence-corrected chi connectivity index (χ2v) is 8.73. The Kier molecular flexibility index (Phi) is 6.23. The van der Waals surface area contributed by atoms with Crippen LogP contribution in [0.25, 0.3) is 22.2 Å². The van der Waals surface area contributed by atoms with Crippen molar-refractivity contribution in [2.75, 3.05) is 57.7 Å². The molecule has 1 amide bonds. The number of ether oxygens (including phenoxy) is 2. The number of rotatable bonds is 6. The van der Waals surface area contributed by atoms with Gasteiger partial charge in [-0.05, 0) is 24.7 Å². The van der Waals surface area contributed by atoms with Gasteiger partial charge in [-0.2, -0.15) is 5.10 Å². The Morgan fingerprint density at radius 3 is 2.49 bits per heavy atom. The van der Waals surface area contributed by atoms with Crippen molar-refractivity contribution in [3.05, 3.63) is 47.2 Å². The number of amides is 1. The number of hydrogen-bond donors (Lipinski definition) is 3. The van der Waals surface area contributed by atoms with Crippen molar-refractivity contribution in [2.45, 2.75) is 0 Å². The van der Waals surface area contributed by atoms with E-state index in [0.29, 0.717) is 50.3 Å². The van der Waals surface area contributed by atoms with Crippen molar-refractivity contribution in [1.29, 1.82) is 0 Å². The van der Waals surface area contributed by atoms with Gasteiger partial charge in [-0.15, -0.1) is 0 Å². The molecule has 3 heterocycles. The number of anilines is 2. The van der Waals surface area contributed by atoms with E-state index in [1.807, 2.05) is 18.2 Å². The quantitative estimate of drug-likeness (QED) is 0.374. The lowest BCUT2D eigenvalue weighted by molar-refractivity contribution is 0.102. The highest BCUT2D eigenvalue weighted by Crippen LogP contribution is 2.34. The number of likely N-dealkylation sites (N-methyl/N-ethyl adjacent to an activating group) is 1. The van der Waals surface area contributed by atoms with Crippen LogP contribution >= 0.6 is 11.6 Å². The van der Waals surface area contributed by atoms with E-state index >= 15 is 0 Å². The number of nitrogens with one attached hydrogen (secondary N) is 3. The van der Waals surface area contributed by atoms with Crippen LogP contribution in [0, 0.1) is 0 Å². The fourth-order valence-corrected chi connectivity index (χ4v) is 4.45. The summed E-state index contributed by atoms with van der Waals surface area (Å²) in [7, 11) is 5.24. The number of aromatic nitrogens is 4. The van der Waals surface area contributed by atoms with Crippen molar-refractivity contribution in [1.82, 2.24) is 25.1 Å². The molecule has 0 spiro atoms. The largest absolute Gasteiger partial charge is 0.493 e. The van der Waals surface area contributed by atoms with Gasteiger partial charge in [-0.1, -0.05) is 17.7 Å². The third-order valence-corrected chi connectivity index (χ3v) is 6.51. The third-order valence-electron chi connectivity index (χ3n) is 6.22. The molecule has 1 aliphatic rings. The molecule has 0 atom stereocenters.